The lowest BCUT2D eigenvalue weighted by molar-refractivity contribution is -0.217. The zero-order valence-electron chi connectivity index (χ0n) is 92.4. The maximum absolute atomic E-state index is 13.4. The molecule has 2 N–H and O–H groups in total. The average molecular weight is 2170 g/mol. The maximum atomic E-state index is 13.4. The number of nitrogens with zero attached hydrogens (tertiary/aromatic N) is 1. The van der Waals surface area contributed by atoms with Gasteiger partial charge < -0.3 is 62.0 Å². The fraction of sp³-hybridized carbons (Fsp3) is 0.475. The van der Waals surface area contributed by atoms with Gasteiger partial charge in [0, 0.05) is 56.2 Å². The van der Waals surface area contributed by atoms with Gasteiger partial charge in [-0.25, -0.2) is 25.3 Å². The molecule has 13 rings (SSSR count). The van der Waals surface area contributed by atoms with E-state index < -0.39 is 82.5 Å². The Hall–Kier alpha value is -10.4. The molecule has 0 aromatic heterocycles. The number of esters is 3. The molecular formula is C120H163F2NO22S5. The number of phenolic OH excluding ortho intramolecular Hbond substituents is 2. The van der Waals surface area contributed by atoms with E-state index in [0.717, 1.165) is 61.7 Å². The largest absolute Gasteiger partial charge is 0.744 e. The second kappa shape index (κ2) is 60.3. The molecule has 2 aliphatic carbocycles. The highest BCUT2D eigenvalue weighted by atomic mass is 32.3. The van der Waals surface area contributed by atoms with Crippen LogP contribution >= 0.6 is 0 Å². The molecule has 2 bridgehead atoms. The molecule has 1 saturated heterocycles. The summed E-state index contributed by atoms with van der Waals surface area (Å²) in [5.74, 6) is 6.17. The summed E-state index contributed by atoms with van der Waals surface area (Å²) < 4.78 is 158. The van der Waals surface area contributed by atoms with E-state index in [2.05, 4.69) is 208 Å². The summed E-state index contributed by atoms with van der Waals surface area (Å²) in [5, 5.41) is 18.0. The van der Waals surface area contributed by atoms with E-state index in [1.807, 2.05) is 130 Å². The van der Waals surface area contributed by atoms with Crippen molar-refractivity contribution in [2.24, 2.45) is 38.9 Å². The van der Waals surface area contributed by atoms with Crippen LogP contribution in [0, 0.1) is 52.8 Å². The minimum Gasteiger partial charge on any atom is -0.744 e. The number of methoxy groups -OCH3 is 3. The van der Waals surface area contributed by atoms with Crippen molar-refractivity contribution in [1.82, 2.24) is 4.31 Å². The standard InChI is InChI=1S/C21H21O2S.C19H24O5S.C19H17S.C16H28O3.C13H26O3.C12H21F2NO7S2.2C10H14O/c1-16-7-4-10-19(13-16)24(20-11-5-8-17(14-20)22-2)21-12-6-9-18(15-21)23-3;1-3-15(2)16-5-7-17(8-6-16)23-13-4-14-24-18-9-11-19(12-10-18)25(20,21)22;1-16-12-14-19(15-13-16)20(17-8-4-2-5-9-17)18-10-6-3-7-11-18;1-6-15(2,3)13(17)19-14(18-5)16(4)10-11-7-8-12(16)9-11;1-8-13(6,7)10(14)16-11(15-9-2)12(3,4)5;1-4-11(2,3)10(16)22-9-5-7-15(8-6-9)23(17,18)12(13,14)24(19,20)21;2*1-3-8(2)9-4-6-10(11)7-5-9/h4-15H,1-3H3;5-12,15H,3-4,13-14H2,1-2H3,(H,20,21,22);2-15H,1H3;11-12,14H,6-10H2,1-5H3;11H,8-9H2,1-7H3;9H,4-8H2,1-3H3,(H,19,20,21);2*4-8,11H,3H2,1-2H3/q+1;;+1;;;;;/p-2. The van der Waals surface area contributed by atoms with E-state index in [-0.39, 0.29) is 72.9 Å². The molecule has 150 heavy (non-hydrogen) atoms. The Balaban J connectivity index is 0.000000265. The molecule has 3 aliphatic rings. The van der Waals surface area contributed by atoms with Gasteiger partial charge in [0.05, 0.1) is 70.4 Å². The molecule has 23 nitrogen and oxygen atoms in total. The third-order valence-electron chi connectivity index (χ3n) is 27.5. The van der Waals surface area contributed by atoms with E-state index in [1.54, 1.807) is 66.4 Å². The molecule has 0 spiro atoms. The lowest BCUT2D eigenvalue weighted by atomic mass is 9.74. The average Bonchev–Trinajstić information content (AvgIpc) is 1.20. The van der Waals surface area contributed by atoms with E-state index in [9.17, 15) is 57.5 Å². The Labute approximate surface area is 899 Å². The zero-order chi connectivity index (χ0) is 112. The van der Waals surface area contributed by atoms with Crippen molar-refractivity contribution in [2.75, 3.05) is 54.2 Å². The number of ether oxygens (including phenoxy) is 9. The van der Waals surface area contributed by atoms with Crippen molar-refractivity contribution in [3.8, 4) is 34.5 Å². The van der Waals surface area contributed by atoms with Crippen LogP contribution in [0.15, 0.2) is 289 Å². The molecule has 8 unspecified atom stereocenters. The number of piperidine rings is 1. The Bertz CT molecular complexity index is 5930. The molecule has 0 amide bonds. The first-order chi connectivity index (χ1) is 70.6. The summed E-state index contributed by atoms with van der Waals surface area (Å²) in [7, 11) is -11.6. The van der Waals surface area contributed by atoms with Crippen LogP contribution in [-0.4, -0.2) is 144 Å². The van der Waals surface area contributed by atoms with Gasteiger partial charge in [0.1, 0.15) is 50.7 Å². The highest BCUT2D eigenvalue weighted by Crippen LogP contribution is 2.58. The first-order valence-electron chi connectivity index (χ1n) is 51.7. The van der Waals surface area contributed by atoms with Crippen molar-refractivity contribution in [1.29, 1.82) is 0 Å². The summed E-state index contributed by atoms with van der Waals surface area (Å²) in [5.41, 5.74) is 4.68. The van der Waals surface area contributed by atoms with Gasteiger partial charge in [-0.15, -0.1) is 0 Å². The van der Waals surface area contributed by atoms with Crippen LogP contribution in [0.1, 0.15) is 268 Å². The first kappa shape index (κ1) is 128. The number of fused-ring (bicyclic) bond motifs is 2. The Morgan fingerprint density at radius 1 is 0.460 bits per heavy atom. The molecule has 1 heterocycles. The summed E-state index contributed by atoms with van der Waals surface area (Å²) >= 11 is 0. The number of halogens is 2. The number of aromatic hydroxyl groups is 2. The fourth-order valence-electron chi connectivity index (χ4n) is 15.9. The third kappa shape index (κ3) is 39.3. The molecular weight excluding hydrogens is 2010 g/mol. The molecule has 0 radical (unpaired) electrons. The lowest BCUT2D eigenvalue weighted by Gasteiger charge is -2.40. The van der Waals surface area contributed by atoms with Crippen molar-refractivity contribution in [3.63, 3.8) is 0 Å². The topological polar surface area (TPSA) is 327 Å². The van der Waals surface area contributed by atoms with Crippen molar-refractivity contribution in [3.05, 3.63) is 283 Å². The quantitative estimate of drug-likeness (QED) is 0.00912. The molecule has 1 aliphatic heterocycles. The van der Waals surface area contributed by atoms with Crippen molar-refractivity contribution >= 4 is 70.0 Å². The van der Waals surface area contributed by atoms with Gasteiger partial charge in [-0.1, -0.05) is 211 Å². The van der Waals surface area contributed by atoms with Crippen LogP contribution in [0.5, 0.6) is 34.5 Å². The molecule has 10 aromatic carbocycles. The minimum absolute atomic E-state index is 0.0111. The van der Waals surface area contributed by atoms with Gasteiger partial charge in [-0.05, 0) is 318 Å². The number of aryl methyl sites for hydroxylation is 2. The monoisotopic (exact) mass is 2170 g/mol. The zero-order valence-corrected chi connectivity index (χ0v) is 96.5. The third-order valence-corrected chi connectivity index (χ3v) is 36.2. The van der Waals surface area contributed by atoms with Gasteiger partial charge in [0.25, 0.3) is 10.0 Å². The predicted octanol–water partition coefficient (Wildman–Crippen LogP) is 28.0. The van der Waals surface area contributed by atoms with Crippen molar-refractivity contribution < 1.29 is 110 Å². The molecule has 824 valence electrons. The highest BCUT2D eigenvalue weighted by Gasteiger charge is 2.57. The number of phenols is 2. The molecule has 8 atom stereocenters. The van der Waals surface area contributed by atoms with E-state index in [4.69, 9.17) is 52.8 Å². The van der Waals surface area contributed by atoms with Crippen LogP contribution < -0.4 is 18.9 Å². The van der Waals surface area contributed by atoms with Crippen LogP contribution in [0.2, 0.25) is 0 Å². The minimum atomic E-state index is -6.36. The maximum Gasteiger partial charge on any atom is 0.447 e. The molecule has 10 aromatic rings. The van der Waals surface area contributed by atoms with Crippen LogP contribution in [-0.2, 0) is 90.1 Å². The van der Waals surface area contributed by atoms with Crippen LogP contribution in [0.3, 0.4) is 0 Å². The van der Waals surface area contributed by atoms with Crippen molar-refractivity contribution in [2.45, 2.75) is 311 Å². The summed E-state index contributed by atoms with van der Waals surface area (Å²) in [6, 6.07) is 84.1. The Morgan fingerprint density at radius 3 is 1.21 bits per heavy atom. The normalized spacial score (nSPS) is 16.3. The van der Waals surface area contributed by atoms with E-state index in [1.165, 1.54) is 101 Å². The van der Waals surface area contributed by atoms with E-state index >= 15 is 0 Å². The van der Waals surface area contributed by atoms with Gasteiger partial charge in [0.15, 0.2) is 39.5 Å². The number of sulfonamides is 1. The number of carbonyl (C=O) groups excluding carboxylic acids is 3. The smallest absolute Gasteiger partial charge is 0.447 e. The number of hydrogen-bond acceptors (Lipinski definition) is 22. The second-order valence-electron chi connectivity index (χ2n) is 41.1. The van der Waals surface area contributed by atoms with Gasteiger partial charge >= 0.3 is 22.5 Å². The van der Waals surface area contributed by atoms with Crippen LogP contribution in [0.25, 0.3) is 0 Å². The molecule has 30 heteroatoms. The fourth-order valence-corrected chi connectivity index (χ4v) is 23.0. The number of hydrogen-bond donors (Lipinski definition) is 2. The summed E-state index contributed by atoms with van der Waals surface area (Å²) in [4.78, 5) is 43.7. The number of carbonyl (C=O) groups is 3. The molecule has 3 fully saturated rings. The van der Waals surface area contributed by atoms with Gasteiger partial charge in [-0.2, -0.15) is 13.1 Å². The SMILES string of the molecule is CCC(C)(C)C(=O)OC(OC)C1(C)CC2CCC1C2.CCC(C)(C)C(=O)OC1CCN(S(=O)(=O)C(F)(F)S(=O)(=O)[O-])CC1.CCC(C)c1ccc(O)cc1.CCC(C)c1ccc(O)cc1.CCC(C)c1ccc(OCCCOc2ccc(S(=O)(=O)[O-])cc2)cc1.CCOC(OC(=O)C(C)(C)CC)C(C)(C)C.COc1cccc([S+](c2cccc(C)c2)c2cccc(OC)c2)c1.Cc1ccc([S+](c2ccccc2)c2ccccc2)cc1. The number of rotatable bonds is 37. The first-order valence-corrected chi connectivity index (χ1v) is 58.4. The number of alkyl halides is 2. The van der Waals surface area contributed by atoms with E-state index in [0.29, 0.717) is 73.6 Å². The number of benzene rings is 10. The Kier molecular flexibility index (Phi) is 51.6. The van der Waals surface area contributed by atoms with Crippen LogP contribution in [0.4, 0.5) is 8.78 Å². The lowest BCUT2D eigenvalue weighted by Crippen LogP contribution is -2.51. The van der Waals surface area contributed by atoms with Gasteiger partial charge in [-0.3, -0.25) is 14.4 Å². The molecule has 2 saturated carbocycles. The van der Waals surface area contributed by atoms with Gasteiger partial charge in [0.2, 0.25) is 12.6 Å². The summed E-state index contributed by atoms with van der Waals surface area (Å²) in [6.45, 7) is 44.8. The second-order valence-corrected chi connectivity index (χ2v) is 50.2. The summed E-state index contributed by atoms with van der Waals surface area (Å²) in [6.07, 6.45) is 9.50. The Morgan fingerprint density at radius 2 is 0.847 bits per heavy atom. The predicted molar refractivity (Wildman–Crippen MR) is 592 cm³/mol. The highest BCUT2D eigenvalue weighted by molar-refractivity contribution is 8.06.